The van der Waals surface area contributed by atoms with Gasteiger partial charge >= 0.3 is 0 Å². The highest BCUT2D eigenvalue weighted by Crippen LogP contribution is 2.10. The van der Waals surface area contributed by atoms with Crippen LogP contribution in [0.25, 0.3) is 0 Å². The van der Waals surface area contributed by atoms with E-state index in [9.17, 15) is 4.79 Å². The minimum atomic E-state index is -0.128. The largest absolute Gasteiger partial charge is 0.355 e. The molecule has 0 atom stereocenters. The van der Waals surface area contributed by atoms with Gasteiger partial charge in [0, 0.05) is 12.6 Å². The summed E-state index contributed by atoms with van der Waals surface area (Å²) in [4.78, 5) is 11.5. The Labute approximate surface area is 89.7 Å². The molecule has 0 fully saturated rings. The lowest BCUT2D eigenvalue weighted by molar-refractivity contribution is 0.0963. The van der Waals surface area contributed by atoms with Crippen LogP contribution in [0.1, 0.15) is 21.5 Å². The van der Waals surface area contributed by atoms with Gasteiger partial charge in [0.15, 0.2) is 0 Å². The van der Waals surface area contributed by atoms with Gasteiger partial charge in [-0.25, -0.2) is 0 Å². The molecule has 0 unspecified atom stereocenters. The van der Waals surface area contributed by atoms with Crippen LogP contribution in [0.5, 0.6) is 0 Å². The first-order valence-electron chi connectivity index (χ1n) is 4.70. The third-order valence-electron chi connectivity index (χ3n) is 1.97. The molecular weight excluding hydrogens is 188 g/mol. The van der Waals surface area contributed by atoms with Crippen LogP contribution in [0.15, 0.2) is 18.2 Å². The summed E-state index contributed by atoms with van der Waals surface area (Å²) in [5.74, 6) is 5.51. The molecule has 0 aliphatic carbocycles. The summed E-state index contributed by atoms with van der Waals surface area (Å²) in [5, 5.41) is 2.58. The Morgan fingerprint density at radius 3 is 2.87 bits per heavy atom. The van der Waals surface area contributed by atoms with Crippen molar-refractivity contribution in [2.24, 2.45) is 5.73 Å². The molecule has 3 heteroatoms. The second kappa shape index (κ2) is 5.18. The monoisotopic (exact) mass is 202 g/mol. The molecule has 0 saturated carbocycles. The van der Waals surface area contributed by atoms with Gasteiger partial charge in [0.05, 0.1) is 12.1 Å². The smallest absolute Gasteiger partial charge is 0.252 e. The molecule has 1 amide bonds. The molecular formula is C12H14N2O. The molecule has 15 heavy (non-hydrogen) atoms. The van der Waals surface area contributed by atoms with Crippen molar-refractivity contribution in [3.8, 4) is 11.8 Å². The van der Waals surface area contributed by atoms with Gasteiger partial charge in [-0.05, 0) is 24.6 Å². The van der Waals surface area contributed by atoms with Crippen LogP contribution < -0.4 is 11.1 Å². The Bertz CT molecular complexity index is 427. The van der Waals surface area contributed by atoms with Gasteiger partial charge in [-0.15, -0.1) is 0 Å². The zero-order valence-corrected chi connectivity index (χ0v) is 8.92. The molecule has 3 N–H and O–H groups in total. The maximum Gasteiger partial charge on any atom is 0.252 e. The first-order chi connectivity index (χ1) is 7.19. The summed E-state index contributed by atoms with van der Waals surface area (Å²) in [7, 11) is 1.60. The summed E-state index contributed by atoms with van der Waals surface area (Å²) in [6.07, 6.45) is 0. The molecule has 3 nitrogen and oxygen atoms in total. The fraction of sp³-hybridized carbons (Fsp3) is 0.250. The average molecular weight is 202 g/mol. The summed E-state index contributed by atoms with van der Waals surface area (Å²) >= 11 is 0. The van der Waals surface area contributed by atoms with E-state index >= 15 is 0 Å². The predicted octanol–water partition coefficient (Wildman–Crippen LogP) is 0.665. The quantitative estimate of drug-likeness (QED) is 0.657. The van der Waals surface area contributed by atoms with Gasteiger partial charge in [0.25, 0.3) is 5.91 Å². The number of rotatable bonds is 1. The topological polar surface area (TPSA) is 55.1 Å². The molecule has 0 bridgehead atoms. The third kappa shape index (κ3) is 2.83. The van der Waals surface area contributed by atoms with E-state index in [-0.39, 0.29) is 5.91 Å². The lowest BCUT2D eigenvalue weighted by Crippen LogP contribution is -2.19. The van der Waals surface area contributed by atoms with Crippen molar-refractivity contribution < 1.29 is 4.79 Å². The number of amides is 1. The zero-order valence-electron chi connectivity index (χ0n) is 8.92. The third-order valence-corrected chi connectivity index (χ3v) is 1.97. The molecule has 0 aliphatic heterocycles. The van der Waals surface area contributed by atoms with Crippen LogP contribution in [0.4, 0.5) is 0 Å². The van der Waals surface area contributed by atoms with Crippen LogP contribution in [0.2, 0.25) is 0 Å². The number of aryl methyl sites for hydroxylation is 1. The standard InChI is InChI=1S/C12H14N2O/c1-9-5-6-11(12(15)14-2)10(8-9)4-3-7-13/h5-6,8H,7,13H2,1-2H3,(H,14,15). The van der Waals surface area contributed by atoms with Crippen molar-refractivity contribution >= 4 is 5.91 Å². The molecule has 0 heterocycles. The second-order valence-corrected chi connectivity index (χ2v) is 3.13. The lowest BCUT2D eigenvalue weighted by atomic mass is 10.0. The van der Waals surface area contributed by atoms with E-state index in [0.717, 1.165) is 11.1 Å². The highest BCUT2D eigenvalue weighted by molar-refractivity contribution is 5.96. The molecule has 0 aliphatic rings. The van der Waals surface area contributed by atoms with Gasteiger partial charge in [-0.1, -0.05) is 17.9 Å². The van der Waals surface area contributed by atoms with Gasteiger partial charge < -0.3 is 11.1 Å². The summed E-state index contributed by atoms with van der Waals surface area (Å²) in [6, 6.07) is 5.54. The number of hydrogen-bond donors (Lipinski definition) is 2. The summed E-state index contributed by atoms with van der Waals surface area (Å²) < 4.78 is 0. The molecule has 0 spiro atoms. The molecule has 78 valence electrons. The highest BCUT2D eigenvalue weighted by Gasteiger charge is 2.07. The van der Waals surface area contributed by atoms with Crippen molar-refractivity contribution in [2.45, 2.75) is 6.92 Å². The van der Waals surface area contributed by atoms with E-state index < -0.39 is 0 Å². The minimum Gasteiger partial charge on any atom is -0.355 e. The Hall–Kier alpha value is -1.79. The minimum absolute atomic E-state index is 0.128. The van der Waals surface area contributed by atoms with Crippen LogP contribution >= 0.6 is 0 Å². The summed E-state index contributed by atoms with van der Waals surface area (Å²) in [5.41, 5.74) is 7.68. The maximum atomic E-state index is 11.5. The van der Waals surface area contributed by atoms with Gasteiger partial charge in [-0.3, -0.25) is 4.79 Å². The van der Waals surface area contributed by atoms with Gasteiger partial charge in [-0.2, -0.15) is 0 Å². The molecule has 1 aromatic carbocycles. The summed E-state index contributed by atoms with van der Waals surface area (Å²) in [6.45, 7) is 2.25. The first kappa shape index (κ1) is 11.3. The van der Waals surface area contributed by atoms with Crippen molar-refractivity contribution in [2.75, 3.05) is 13.6 Å². The Morgan fingerprint density at radius 2 is 2.27 bits per heavy atom. The number of hydrogen-bond acceptors (Lipinski definition) is 2. The Morgan fingerprint density at radius 1 is 1.53 bits per heavy atom. The fourth-order valence-electron chi connectivity index (χ4n) is 1.24. The SMILES string of the molecule is CNC(=O)c1ccc(C)cc1C#CCN. The van der Waals surface area contributed by atoms with E-state index in [0.29, 0.717) is 12.1 Å². The highest BCUT2D eigenvalue weighted by atomic mass is 16.1. The molecule has 0 saturated heterocycles. The predicted molar refractivity (Wildman–Crippen MR) is 60.5 cm³/mol. The number of benzene rings is 1. The van der Waals surface area contributed by atoms with E-state index in [1.54, 1.807) is 13.1 Å². The Balaban J connectivity index is 3.20. The van der Waals surface area contributed by atoms with E-state index in [2.05, 4.69) is 17.2 Å². The van der Waals surface area contributed by atoms with Crippen molar-refractivity contribution in [1.82, 2.24) is 5.32 Å². The van der Waals surface area contributed by atoms with Crippen molar-refractivity contribution in [3.05, 3.63) is 34.9 Å². The van der Waals surface area contributed by atoms with E-state index in [1.807, 2.05) is 19.1 Å². The first-order valence-corrected chi connectivity index (χ1v) is 4.70. The number of nitrogens with one attached hydrogen (secondary N) is 1. The van der Waals surface area contributed by atoms with Crippen LogP contribution in [0.3, 0.4) is 0 Å². The molecule has 1 rings (SSSR count). The van der Waals surface area contributed by atoms with Gasteiger partial charge in [0.1, 0.15) is 0 Å². The fourth-order valence-corrected chi connectivity index (χ4v) is 1.24. The van der Waals surface area contributed by atoms with Gasteiger partial charge in [0.2, 0.25) is 0 Å². The van der Waals surface area contributed by atoms with Crippen LogP contribution in [0, 0.1) is 18.8 Å². The van der Waals surface area contributed by atoms with E-state index in [1.165, 1.54) is 0 Å². The van der Waals surface area contributed by atoms with Crippen molar-refractivity contribution in [1.29, 1.82) is 0 Å². The van der Waals surface area contributed by atoms with Crippen LogP contribution in [-0.4, -0.2) is 19.5 Å². The Kier molecular flexibility index (Phi) is 3.90. The zero-order chi connectivity index (χ0) is 11.3. The molecule has 1 aromatic rings. The maximum absolute atomic E-state index is 11.5. The lowest BCUT2D eigenvalue weighted by Gasteiger charge is -2.03. The molecule has 0 radical (unpaired) electrons. The van der Waals surface area contributed by atoms with Crippen LogP contribution in [-0.2, 0) is 0 Å². The number of carbonyl (C=O) groups is 1. The van der Waals surface area contributed by atoms with Crippen molar-refractivity contribution in [3.63, 3.8) is 0 Å². The second-order valence-electron chi connectivity index (χ2n) is 3.13. The average Bonchev–Trinajstić information content (AvgIpc) is 2.25. The normalized spacial score (nSPS) is 9.00. The number of nitrogens with two attached hydrogens (primary N) is 1. The van der Waals surface area contributed by atoms with E-state index in [4.69, 9.17) is 5.73 Å². The molecule has 0 aromatic heterocycles. The number of carbonyl (C=O) groups excluding carboxylic acids is 1.